The quantitative estimate of drug-likeness (QED) is 0.728. The van der Waals surface area contributed by atoms with E-state index in [4.69, 9.17) is 10.5 Å². The van der Waals surface area contributed by atoms with Gasteiger partial charge in [0.2, 0.25) is 0 Å². The number of aliphatic imine (C=N–C) groups is 1. The second-order valence-electron chi connectivity index (χ2n) is 3.56. The Balaban J connectivity index is 2.22. The molecule has 3 nitrogen and oxygen atoms in total. The number of hydrogen-bond donors (Lipinski definition) is 1. The van der Waals surface area contributed by atoms with Crippen molar-refractivity contribution in [1.82, 2.24) is 0 Å². The van der Waals surface area contributed by atoms with Gasteiger partial charge in [-0.3, -0.25) is 4.99 Å². The molecule has 0 unspecified atom stereocenters. The third-order valence-corrected chi connectivity index (χ3v) is 2.31. The maximum atomic E-state index is 5.62. The first-order valence-electron chi connectivity index (χ1n) is 4.72. The monoisotopic (exact) mass is 190 g/mol. The Hall–Kier alpha value is -1.35. The summed E-state index contributed by atoms with van der Waals surface area (Å²) in [5, 5.41) is 0. The van der Waals surface area contributed by atoms with Crippen molar-refractivity contribution in [3.8, 4) is 0 Å². The molecule has 1 aliphatic rings. The number of nitrogens with zero attached hydrogens (tertiary/aromatic N) is 1. The topological polar surface area (TPSA) is 47.6 Å². The Morgan fingerprint density at radius 1 is 1.36 bits per heavy atom. The first-order valence-corrected chi connectivity index (χ1v) is 4.72. The van der Waals surface area contributed by atoms with Gasteiger partial charge in [-0.2, -0.15) is 0 Å². The van der Waals surface area contributed by atoms with Gasteiger partial charge in [-0.05, 0) is 12.5 Å². The molecule has 0 radical (unpaired) electrons. The predicted octanol–water partition coefficient (Wildman–Crippen LogP) is 1.42. The van der Waals surface area contributed by atoms with Crippen molar-refractivity contribution in [1.29, 1.82) is 0 Å². The summed E-state index contributed by atoms with van der Waals surface area (Å²) < 4.78 is 5.32. The molecule has 1 heterocycles. The molecular formula is C11H14N2O. The molecule has 14 heavy (non-hydrogen) atoms. The molecule has 1 aromatic carbocycles. The fraction of sp³-hybridized carbons (Fsp3) is 0.364. The van der Waals surface area contributed by atoms with Crippen LogP contribution >= 0.6 is 0 Å². The third kappa shape index (κ3) is 1.93. The molecule has 0 bridgehead atoms. The second-order valence-corrected chi connectivity index (χ2v) is 3.56. The van der Waals surface area contributed by atoms with Crippen LogP contribution in [0.3, 0.4) is 0 Å². The molecule has 0 saturated heterocycles. The SMILES string of the molecule is Cc1ccc([C@H]2COCC(N)=N2)cc1. The third-order valence-electron chi connectivity index (χ3n) is 2.31. The zero-order valence-corrected chi connectivity index (χ0v) is 8.23. The van der Waals surface area contributed by atoms with E-state index in [0.29, 0.717) is 19.0 Å². The standard InChI is InChI=1S/C11H14N2O/c1-8-2-4-9(5-3-8)10-6-14-7-11(12)13-10/h2-5,10H,6-7H2,1H3,(H2,12,13)/t10-/m1/s1. The van der Waals surface area contributed by atoms with Crippen molar-refractivity contribution >= 4 is 5.84 Å². The molecule has 0 aromatic heterocycles. The molecule has 0 amide bonds. The van der Waals surface area contributed by atoms with Gasteiger partial charge in [0.1, 0.15) is 18.5 Å². The summed E-state index contributed by atoms with van der Waals surface area (Å²) >= 11 is 0. The highest BCUT2D eigenvalue weighted by Gasteiger charge is 2.15. The number of aryl methyl sites for hydroxylation is 1. The summed E-state index contributed by atoms with van der Waals surface area (Å²) in [4.78, 5) is 4.35. The first-order chi connectivity index (χ1) is 6.75. The van der Waals surface area contributed by atoms with Crippen molar-refractivity contribution in [2.24, 2.45) is 10.7 Å². The van der Waals surface area contributed by atoms with Crippen LogP contribution in [-0.2, 0) is 4.74 Å². The van der Waals surface area contributed by atoms with Crippen LogP contribution in [0.25, 0.3) is 0 Å². The maximum Gasteiger partial charge on any atom is 0.121 e. The fourth-order valence-corrected chi connectivity index (χ4v) is 1.51. The van der Waals surface area contributed by atoms with Gasteiger partial charge in [0, 0.05) is 0 Å². The van der Waals surface area contributed by atoms with E-state index in [-0.39, 0.29) is 6.04 Å². The fourth-order valence-electron chi connectivity index (χ4n) is 1.51. The summed E-state index contributed by atoms with van der Waals surface area (Å²) in [5.41, 5.74) is 8.03. The van der Waals surface area contributed by atoms with Crippen LogP contribution in [0.15, 0.2) is 29.3 Å². The van der Waals surface area contributed by atoms with Gasteiger partial charge >= 0.3 is 0 Å². The van der Waals surface area contributed by atoms with Crippen LogP contribution < -0.4 is 5.73 Å². The summed E-state index contributed by atoms with van der Waals surface area (Å²) in [6.07, 6.45) is 0. The number of amidine groups is 1. The molecule has 1 aromatic rings. The minimum Gasteiger partial charge on any atom is -0.386 e. The van der Waals surface area contributed by atoms with Gasteiger partial charge in [0.25, 0.3) is 0 Å². The van der Waals surface area contributed by atoms with Gasteiger partial charge in [-0.25, -0.2) is 0 Å². The molecule has 0 fully saturated rings. The highest BCUT2D eigenvalue weighted by Crippen LogP contribution is 2.20. The van der Waals surface area contributed by atoms with E-state index in [0.717, 1.165) is 0 Å². The van der Waals surface area contributed by atoms with E-state index < -0.39 is 0 Å². The average Bonchev–Trinajstić information content (AvgIpc) is 2.19. The van der Waals surface area contributed by atoms with Crippen LogP contribution in [0.1, 0.15) is 17.2 Å². The zero-order valence-electron chi connectivity index (χ0n) is 8.23. The highest BCUT2D eigenvalue weighted by atomic mass is 16.5. The van der Waals surface area contributed by atoms with E-state index in [1.54, 1.807) is 0 Å². The second kappa shape index (κ2) is 3.80. The molecule has 3 heteroatoms. The van der Waals surface area contributed by atoms with Crippen molar-refractivity contribution < 1.29 is 4.74 Å². The molecule has 1 atom stereocenters. The minimum atomic E-state index is 0.0735. The Labute approximate surface area is 83.6 Å². The molecule has 1 aliphatic heterocycles. The normalized spacial score (nSPS) is 21.8. The van der Waals surface area contributed by atoms with Gasteiger partial charge in [-0.1, -0.05) is 29.8 Å². The van der Waals surface area contributed by atoms with Crippen LogP contribution in [-0.4, -0.2) is 19.0 Å². The van der Waals surface area contributed by atoms with E-state index in [9.17, 15) is 0 Å². The summed E-state index contributed by atoms with van der Waals surface area (Å²) in [7, 11) is 0. The van der Waals surface area contributed by atoms with Crippen LogP contribution in [0.5, 0.6) is 0 Å². The molecule has 0 saturated carbocycles. The lowest BCUT2D eigenvalue weighted by atomic mass is 10.1. The number of hydrogen-bond acceptors (Lipinski definition) is 3. The number of nitrogens with two attached hydrogens (primary N) is 1. The van der Waals surface area contributed by atoms with Gasteiger partial charge < -0.3 is 10.5 Å². The summed E-state index contributed by atoms with van der Waals surface area (Å²) in [6, 6.07) is 8.38. The van der Waals surface area contributed by atoms with Crippen LogP contribution in [0.4, 0.5) is 0 Å². The number of benzene rings is 1. The Morgan fingerprint density at radius 2 is 2.07 bits per heavy atom. The predicted molar refractivity (Wildman–Crippen MR) is 56.4 cm³/mol. The Kier molecular flexibility index (Phi) is 2.50. The van der Waals surface area contributed by atoms with E-state index >= 15 is 0 Å². The van der Waals surface area contributed by atoms with Gasteiger partial charge in [0.15, 0.2) is 0 Å². The summed E-state index contributed by atoms with van der Waals surface area (Å²) in [6.45, 7) is 3.16. The lowest BCUT2D eigenvalue weighted by molar-refractivity contribution is 0.143. The average molecular weight is 190 g/mol. The van der Waals surface area contributed by atoms with Gasteiger partial charge in [0.05, 0.1) is 6.61 Å². The van der Waals surface area contributed by atoms with E-state index in [1.165, 1.54) is 11.1 Å². The first kappa shape index (κ1) is 9.21. The van der Waals surface area contributed by atoms with E-state index in [1.807, 2.05) is 0 Å². The largest absolute Gasteiger partial charge is 0.386 e. The van der Waals surface area contributed by atoms with Crippen molar-refractivity contribution in [2.45, 2.75) is 13.0 Å². The molecule has 0 aliphatic carbocycles. The van der Waals surface area contributed by atoms with Crippen LogP contribution in [0.2, 0.25) is 0 Å². The molecule has 0 spiro atoms. The Bertz CT molecular complexity index is 343. The molecule has 2 N–H and O–H groups in total. The van der Waals surface area contributed by atoms with Gasteiger partial charge in [-0.15, -0.1) is 0 Å². The van der Waals surface area contributed by atoms with Crippen molar-refractivity contribution in [3.63, 3.8) is 0 Å². The van der Waals surface area contributed by atoms with Crippen molar-refractivity contribution in [3.05, 3.63) is 35.4 Å². The number of ether oxygens (including phenoxy) is 1. The lowest BCUT2D eigenvalue weighted by Gasteiger charge is -2.19. The zero-order chi connectivity index (χ0) is 9.97. The van der Waals surface area contributed by atoms with Crippen molar-refractivity contribution in [2.75, 3.05) is 13.2 Å². The maximum absolute atomic E-state index is 5.62. The number of rotatable bonds is 1. The molecule has 2 rings (SSSR count). The highest BCUT2D eigenvalue weighted by molar-refractivity contribution is 5.82. The summed E-state index contributed by atoms with van der Waals surface area (Å²) in [5.74, 6) is 0.585. The smallest absolute Gasteiger partial charge is 0.121 e. The van der Waals surface area contributed by atoms with E-state index in [2.05, 4.69) is 36.2 Å². The lowest BCUT2D eigenvalue weighted by Crippen LogP contribution is -2.27. The Morgan fingerprint density at radius 3 is 2.71 bits per heavy atom. The minimum absolute atomic E-state index is 0.0735. The molecule has 74 valence electrons. The molecular weight excluding hydrogens is 176 g/mol. The van der Waals surface area contributed by atoms with Crippen LogP contribution in [0, 0.1) is 6.92 Å².